The number of ether oxygens (including phenoxy) is 2. The summed E-state index contributed by atoms with van der Waals surface area (Å²) in [5.41, 5.74) is -5.17. The first kappa shape index (κ1) is 26.9. The molecule has 4 aliphatic rings. The summed E-state index contributed by atoms with van der Waals surface area (Å²) in [5.74, 6) is -0.621. The molecule has 0 aromatic heterocycles. The second-order valence-electron chi connectivity index (χ2n) is 11.9. The Morgan fingerprint density at radius 3 is 2.55 bits per heavy atom. The fraction of sp³-hybridized carbons (Fsp3) is 0.600. The first-order valence-electron chi connectivity index (χ1n) is 13.5. The van der Waals surface area contributed by atoms with Crippen molar-refractivity contribution < 1.29 is 33.7 Å². The minimum atomic E-state index is -1.99. The third kappa shape index (κ3) is 3.59. The van der Waals surface area contributed by atoms with Gasteiger partial charge in [-0.15, -0.1) is 0 Å². The monoisotopic (exact) mass is 527 g/mol. The molecule has 4 aliphatic carbocycles. The van der Waals surface area contributed by atoms with Gasteiger partial charge in [0.1, 0.15) is 18.1 Å². The van der Waals surface area contributed by atoms with Gasteiger partial charge in [-0.25, -0.2) is 4.39 Å². The molecule has 206 valence electrons. The van der Waals surface area contributed by atoms with Crippen molar-refractivity contribution in [1.82, 2.24) is 5.32 Å². The molecule has 1 amide bonds. The number of methoxy groups -OCH3 is 1. The molecule has 0 bridgehead atoms. The predicted octanol–water partition coefficient (Wildman–Crippen LogP) is 3.54. The van der Waals surface area contributed by atoms with E-state index in [-0.39, 0.29) is 31.3 Å². The normalized spacial score (nSPS) is 41.4. The molecule has 3 saturated carbocycles. The number of halogens is 1. The number of aliphatic hydroxyl groups is 2. The molecular weight excluding hydrogens is 489 g/mol. The summed E-state index contributed by atoms with van der Waals surface area (Å²) in [6.07, 6.45) is 4.54. The van der Waals surface area contributed by atoms with Crippen LogP contribution < -0.4 is 14.8 Å². The number of hydrogen-bond acceptors (Lipinski definition) is 6. The van der Waals surface area contributed by atoms with Crippen LogP contribution in [0.5, 0.6) is 11.5 Å². The largest absolute Gasteiger partial charge is 0.497 e. The molecule has 38 heavy (non-hydrogen) atoms. The van der Waals surface area contributed by atoms with E-state index in [1.54, 1.807) is 44.4 Å². The Bertz CT molecular complexity index is 1180. The Morgan fingerprint density at radius 1 is 1.18 bits per heavy atom. The second-order valence-corrected chi connectivity index (χ2v) is 11.9. The van der Waals surface area contributed by atoms with E-state index >= 15 is 4.39 Å². The van der Waals surface area contributed by atoms with Crippen LogP contribution in [0.4, 0.5) is 4.39 Å². The summed E-state index contributed by atoms with van der Waals surface area (Å²) >= 11 is 0. The van der Waals surface area contributed by atoms with Gasteiger partial charge in [0.2, 0.25) is 0 Å². The number of carbonyl (C=O) groups is 2. The first-order valence-corrected chi connectivity index (χ1v) is 13.5. The third-order valence-corrected chi connectivity index (χ3v) is 10.3. The van der Waals surface area contributed by atoms with Crippen LogP contribution in [0.15, 0.2) is 48.1 Å². The van der Waals surface area contributed by atoms with Crippen LogP contribution in [0.2, 0.25) is 0 Å². The van der Waals surface area contributed by atoms with Gasteiger partial charge >= 0.3 is 0 Å². The number of ketones is 1. The number of alkyl halides is 1. The average Bonchev–Trinajstić information content (AvgIpc) is 3.09. The Balaban J connectivity index is 1.34. The fourth-order valence-corrected chi connectivity index (χ4v) is 8.17. The van der Waals surface area contributed by atoms with Crippen molar-refractivity contribution in [1.29, 1.82) is 0 Å². The van der Waals surface area contributed by atoms with Crippen LogP contribution in [-0.4, -0.2) is 59.5 Å². The van der Waals surface area contributed by atoms with Crippen LogP contribution in [-0.2, 0) is 9.59 Å². The molecule has 0 saturated heterocycles. The minimum absolute atomic E-state index is 0.0497. The number of nitrogens with one attached hydrogen (secondary N) is 1. The van der Waals surface area contributed by atoms with E-state index in [1.165, 1.54) is 12.2 Å². The number of hydrogen-bond donors (Lipinski definition) is 3. The lowest BCUT2D eigenvalue weighted by atomic mass is 9.44. The van der Waals surface area contributed by atoms with Crippen molar-refractivity contribution in [3.63, 3.8) is 0 Å². The number of benzene rings is 1. The summed E-state index contributed by atoms with van der Waals surface area (Å²) in [6, 6.07) is 7.10. The third-order valence-electron chi connectivity index (χ3n) is 10.3. The Labute approximate surface area is 223 Å². The highest BCUT2D eigenvalue weighted by molar-refractivity contribution is 6.01. The lowest BCUT2D eigenvalue weighted by molar-refractivity contribution is -0.219. The van der Waals surface area contributed by atoms with Crippen LogP contribution >= 0.6 is 0 Å². The molecule has 3 N–H and O–H groups in total. The number of rotatable bonds is 6. The van der Waals surface area contributed by atoms with Gasteiger partial charge in [-0.1, -0.05) is 25.5 Å². The van der Waals surface area contributed by atoms with Crippen molar-refractivity contribution >= 4 is 11.7 Å². The zero-order valence-corrected chi connectivity index (χ0v) is 22.5. The zero-order valence-electron chi connectivity index (χ0n) is 22.5. The topological polar surface area (TPSA) is 105 Å². The molecule has 8 heteroatoms. The first-order chi connectivity index (χ1) is 17.9. The number of aliphatic hydroxyl groups excluding tert-OH is 1. The summed E-state index contributed by atoms with van der Waals surface area (Å²) in [6.45, 7) is 5.81. The van der Waals surface area contributed by atoms with E-state index in [9.17, 15) is 19.8 Å². The van der Waals surface area contributed by atoms with E-state index in [2.05, 4.69) is 5.32 Å². The highest BCUT2D eigenvalue weighted by Gasteiger charge is 2.75. The zero-order chi connectivity index (χ0) is 27.5. The molecule has 7 nitrogen and oxygen atoms in total. The van der Waals surface area contributed by atoms with Gasteiger partial charge in [0.25, 0.3) is 5.91 Å². The second kappa shape index (κ2) is 9.19. The highest BCUT2D eigenvalue weighted by Crippen LogP contribution is 2.70. The molecule has 1 aromatic rings. The van der Waals surface area contributed by atoms with Gasteiger partial charge in [-0.3, -0.25) is 9.59 Å². The maximum Gasteiger partial charge on any atom is 0.252 e. The van der Waals surface area contributed by atoms with Crippen molar-refractivity contribution in [2.75, 3.05) is 20.3 Å². The molecule has 1 aromatic carbocycles. The van der Waals surface area contributed by atoms with Crippen LogP contribution in [0.3, 0.4) is 0 Å². The van der Waals surface area contributed by atoms with E-state index in [0.29, 0.717) is 36.3 Å². The molecule has 0 radical (unpaired) electrons. The fourth-order valence-electron chi connectivity index (χ4n) is 8.17. The molecular formula is C30H38FNO6. The number of allylic oxidation sites excluding steroid dienone is 4. The lowest BCUT2D eigenvalue weighted by Gasteiger charge is -2.62. The van der Waals surface area contributed by atoms with E-state index in [1.807, 2.05) is 13.8 Å². The Kier molecular flexibility index (Phi) is 6.50. The smallest absolute Gasteiger partial charge is 0.252 e. The quantitative estimate of drug-likeness (QED) is 0.489. The number of fused-ring (bicyclic) bond motifs is 5. The van der Waals surface area contributed by atoms with Gasteiger partial charge in [0, 0.05) is 16.7 Å². The molecule has 1 unspecified atom stereocenters. The number of amides is 1. The van der Waals surface area contributed by atoms with Crippen LogP contribution in [0.1, 0.15) is 46.5 Å². The minimum Gasteiger partial charge on any atom is -0.497 e. The van der Waals surface area contributed by atoms with Crippen LogP contribution in [0.25, 0.3) is 0 Å². The van der Waals surface area contributed by atoms with Crippen LogP contribution in [0, 0.1) is 28.6 Å². The van der Waals surface area contributed by atoms with Crippen molar-refractivity contribution in [2.45, 2.75) is 63.8 Å². The summed E-state index contributed by atoms with van der Waals surface area (Å²) in [5, 5.41) is 26.3. The molecule has 5 rings (SSSR count). The summed E-state index contributed by atoms with van der Waals surface area (Å²) < 4.78 is 28.1. The average molecular weight is 528 g/mol. The molecule has 0 aliphatic heterocycles. The van der Waals surface area contributed by atoms with Crippen molar-refractivity contribution in [3.05, 3.63) is 48.1 Å². The van der Waals surface area contributed by atoms with Gasteiger partial charge < -0.3 is 25.0 Å². The SMILES string of the molecule is COc1ccc(OCCNC(=O)[C@@]2(O)[C@H](C)CC3[C@@H]4CCC5=CC(=O)C=C[C@]5(C)[C@@]4(F)[C@@H](O)C[C@@]32C)cc1. The maximum absolute atomic E-state index is 17.2. The lowest BCUT2D eigenvalue weighted by Crippen LogP contribution is -2.70. The van der Waals surface area contributed by atoms with Crippen molar-refractivity contribution in [2.24, 2.45) is 28.6 Å². The molecule has 8 atom stereocenters. The predicted molar refractivity (Wildman–Crippen MR) is 139 cm³/mol. The van der Waals surface area contributed by atoms with Gasteiger partial charge in [-0.2, -0.15) is 0 Å². The van der Waals surface area contributed by atoms with Crippen molar-refractivity contribution in [3.8, 4) is 11.5 Å². The Morgan fingerprint density at radius 2 is 1.87 bits per heavy atom. The maximum atomic E-state index is 17.2. The van der Waals surface area contributed by atoms with Gasteiger partial charge in [0.15, 0.2) is 17.1 Å². The van der Waals surface area contributed by atoms with E-state index < -0.39 is 45.9 Å². The Hall–Kier alpha value is -2.71. The van der Waals surface area contributed by atoms with Gasteiger partial charge in [0.05, 0.1) is 19.8 Å². The highest BCUT2D eigenvalue weighted by atomic mass is 19.1. The molecule has 3 fully saturated rings. The standard InChI is InChI=1S/C30H38FNO6/c1-18-15-24-23-10-5-19-16-20(33)11-12-27(19,2)29(23,31)25(34)17-28(24,3)30(18,36)26(35)32-13-14-38-22-8-6-21(37-4)7-9-22/h6-9,11-12,16,18,23-25,34,36H,5,10,13-15,17H2,1-4H3,(H,32,35)/t18-,23+,24?,25+,27+,28+,29+,30+/m1/s1. The summed E-state index contributed by atoms with van der Waals surface area (Å²) in [7, 11) is 1.59. The van der Waals surface area contributed by atoms with E-state index in [4.69, 9.17) is 9.47 Å². The molecule has 0 spiro atoms. The van der Waals surface area contributed by atoms with Gasteiger partial charge in [-0.05, 0) is 80.9 Å². The number of carbonyl (C=O) groups excluding carboxylic acids is 2. The summed E-state index contributed by atoms with van der Waals surface area (Å²) in [4.78, 5) is 25.6. The van der Waals surface area contributed by atoms with E-state index in [0.717, 1.165) is 0 Å². The molecule has 0 heterocycles.